The Labute approximate surface area is 153 Å². The summed E-state index contributed by atoms with van der Waals surface area (Å²) in [7, 11) is 4.03. The second-order valence-corrected chi connectivity index (χ2v) is 6.45. The summed E-state index contributed by atoms with van der Waals surface area (Å²) in [6.07, 6.45) is 3.71. The standard InChI is InChI=1S/C16H34N4O.HI/c1-13(2)12-21-10-6-9-18-16(17-4)19-11-14(3)20(5)15-7-8-15;/h13-15H,6-12H2,1-5H3,(H2,17,18,19);1H. The van der Waals surface area contributed by atoms with Crippen molar-refractivity contribution in [1.82, 2.24) is 15.5 Å². The fraction of sp³-hybridized carbons (Fsp3) is 0.938. The smallest absolute Gasteiger partial charge is 0.191 e. The molecule has 1 unspecified atom stereocenters. The van der Waals surface area contributed by atoms with E-state index in [0.29, 0.717) is 12.0 Å². The third-order valence-corrected chi connectivity index (χ3v) is 3.82. The van der Waals surface area contributed by atoms with Gasteiger partial charge < -0.3 is 15.4 Å². The molecule has 132 valence electrons. The van der Waals surface area contributed by atoms with Crippen molar-refractivity contribution in [3.63, 3.8) is 0 Å². The number of hydrogen-bond acceptors (Lipinski definition) is 3. The summed E-state index contributed by atoms with van der Waals surface area (Å²) < 4.78 is 5.57. The van der Waals surface area contributed by atoms with Gasteiger partial charge in [-0.1, -0.05) is 13.8 Å². The van der Waals surface area contributed by atoms with Crippen LogP contribution < -0.4 is 10.6 Å². The lowest BCUT2D eigenvalue weighted by Crippen LogP contribution is -2.45. The molecular weight excluding hydrogens is 391 g/mol. The third kappa shape index (κ3) is 9.84. The minimum atomic E-state index is 0. The Kier molecular flexibility index (Phi) is 12.3. The van der Waals surface area contributed by atoms with Crippen LogP contribution in [0.3, 0.4) is 0 Å². The molecule has 0 heterocycles. The van der Waals surface area contributed by atoms with Gasteiger partial charge in [0.2, 0.25) is 0 Å². The average Bonchev–Trinajstić information content (AvgIpc) is 3.28. The first kappa shape index (κ1) is 21.9. The Morgan fingerprint density at radius 3 is 2.50 bits per heavy atom. The van der Waals surface area contributed by atoms with E-state index < -0.39 is 0 Å². The van der Waals surface area contributed by atoms with E-state index in [1.807, 2.05) is 7.05 Å². The number of halogens is 1. The Hall–Kier alpha value is -0.0800. The minimum Gasteiger partial charge on any atom is -0.381 e. The number of nitrogens with zero attached hydrogens (tertiary/aromatic N) is 2. The Bertz CT molecular complexity index is 309. The lowest BCUT2D eigenvalue weighted by Gasteiger charge is -2.25. The number of rotatable bonds is 10. The first-order valence-electron chi connectivity index (χ1n) is 8.28. The lowest BCUT2D eigenvalue weighted by atomic mass is 10.2. The topological polar surface area (TPSA) is 48.9 Å². The van der Waals surface area contributed by atoms with Crippen molar-refractivity contribution >= 4 is 29.9 Å². The van der Waals surface area contributed by atoms with Crippen molar-refractivity contribution in [3.8, 4) is 0 Å². The summed E-state index contributed by atoms with van der Waals surface area (Å²) in [4.78, 5) is 6.72. The lowest BCUT2D eigenvalue weighted by molar-refractivity contribution is 0.108. The predicted octanol–water partition coefficient (Wildman–Crippen LogP) is 2.31. The molecule has 0 spiro atoms. The number of nitrogens with one attached hydrogen (secondary N) is 2. The van der Waals surface area contributed by atoms with Gasteiger partial charge in [-0.2, -0.15) is 0 Å². The van der Waals surface area contributed by atoms with Crippen molar-refractivity contribution in [1.29, 1.82) is 0 Å². The molecule has 0 aromatic heterocycles. The maximum atomic E-state index is 5.57. The molecule has 1 atom stereocenters. The highest BCUT2D eigenvalue weighted by molar-refractivity contribution is 14.0. The quantitative estimate of drug-likeness (QED) is 0.244. The number of guanidine groups is 1. The summed E-state index contributed by atoms with van der Waals surface area (Å²) in [5, 5.41) is 6.74. The SMILES string of the molecule is CN=C(NCCCOCC(C)C)NCC(C)N(C)C1CC1.I. The predicted molar refractivity (Wildman–Crippen MR) is 105 cm³/mol. The van der Waals surface area contributed by atoms with Crippen LogP contribution in [-0.4, -0.2) is 63.3 Å². The zero-order valence-corrected chi connectivity index (χ0v) is 17.2. The van der Waals surface area contributed by atoms with Gasteiger partial charge in [0.15, 0.2) is 5.96 Å². The molecule has 0 saturated heterocycles. The van der Waals surface area contributed by atoms with Crippen molar-refractivity contribution in [3.05, 3.63) is 0 Å². The Morgan fingerprint density at radius 1 is 1.27 bits per heavy atom. The van der Waals surface area contributed by atoms with Gasteiger partial charge in [0.1, 0.15) is 0 Å². The molecule has 1 fully saturated rings. The van der Waals surface area contributed by atoms with Crippen LogP contribution in [0.1, 0.15) is 40.0 Å². The van der Waals surface area contributed by atoms with E-state index in [-0.39, 0.29) is 24.0 Å². The van der Waals surface area contributed by atoms with Crippen molar-refractivity contribution < 1.29 is 4.74 Å². The molecular formula is C16H35IN4O. The van der Waals surface area contributed by atoms with Crippen LogP contribution in [0.4, 0.5) is 0 Å². The van der Waals surface area contributed by atoms with Gasteiger partial charge in [-0.15, -0.1) is 24.0 Å². The summed E-state index contributed by atoms with van der Waals surface area (Å²) in [5.74, 6) is 1.49. The van der Waals surface area contributed by atoms with Gasteiger partial charge >= 0.3 is 0 Å². The molecule has 1 rings (SSSR count). The number of hydrogen-bond donors (Lipinski definition) is 2. The van der Waals surface area contributed by atoms with Gasteiger partial charge in [0.25, 0.3) is 0 Å². The van der Waals surface area contributed by atoms with E-state index in [0.717, 1.165) is 44.7 Å². The average molecular weight is 426 g/mol. The molecule has 0 aromatic carbocycles. The van der Waals surface area contributed by atoms with Crippen LogP contribution in [0.25, 0.3) is 0 Å². The molecule has 0 aliphatic heterocycles. The van der Waals surface area contributed by atoms with E-state index in [2.05, 4.69) is 48.3 Å². The van der Waals surface area contributed by atoms with Crippen LogP contribution >= 0.6 is 24.0 Å². The van der Waals surface area contributed by atoms with E-state index in [9.17, 15) is 0 Å². The van der Waals surface area contributed by atoms with Crippen LogP contribution in [0.5, 0.6) is 0 Å². The van der Waals surface area contributed by atoms with Gasteiger partial charge in [-0.25, -0.2) is 0 Å². The Balaban J connectivity index is 0.00000441. The normalized spacial score (nSPS) is 16.6. The third-order valence-electron chi connectivity index (χ3n) is 3.82. The van der Waals surface area contributed by atoms with Gasteiger partial charge in [-0.3, -0.25) is 9.89 Å². The van der Waals surface area contributed by atoms with Gasteiger partial charge in [0.05, 0.1) is 0 Å². The highest BCUT2D eigenvalue weighted by Gasteiger charge is 2.28. The first-order valence-corrected chi connectivity index (χ1v) is 8.28. The van der Waals surface area contributed by atoms with Gasteiger partial charge in [-0.05, 0) is 39.2 Å². The fourth-order valence-electron chi connectivity index (χ4n) is 2.15. The van der Waals surface area contributed by atoms with E-state index in [1.165, 1.54) is 12.8 Å². The summed E-state index contributed by atoms with van der Waals surface area (Å²) in [6, 6.07) is 1.33. The van der Waals surface area contributed by atoms with Crippen molar-refractivity contribution in [2.45, 2.75) is 52.1 Å². The molecule has 2 N–H and O–H groups in total. The molecule has 5 nitrogen and oxygen atoms in total. The molecule has 0 radical (unpaired) electrons. The molecule has 0 aromatic rings. The van der Waals surface area contributed by atoms with Crippen LogP contribution in [0.2, 0.25) is 0 Å². The number of likely N-dealkylation sites (N-methyl/N-ethyl adjacent to an activating group) is 1. The second-order valence-electron chi connectivity index (χ2n) is 6.45. The zero-order valence-electron chi connectivity index (χ0n) is 14.9. The first-order chi connectivity index (χ1) is 10.0. The zero-order chi connectivity index (χ0) is 15.7. The molecule has 0 amide bonds. The largest absolute Gasteiger partial charge is 0.381 e. The highest BCUT2D eigenvalue weighted by Crippen LogP contribution is 2.26. The summed E-state index contributed by atoms with van der Waals surface area (Å²) in [5.41, 5.74) is 0. The molecule has 1 aliphatic carbocycles. The minimum absolute atomic E-state index is 0. The number of ether oxygens (including phenoxy) is 1. The molecule has 22 heavy (non-hydrogen) atoms. The highest BCUT2D eigenvalue weighted by atomic mass is 127. The van der Waals surface area contributed by atoms with E-state index in [4.69, 9.17) is 4.74 Å². The maximum Gasteiger partial charge on any atom is 0.191 e. The van der Waals surface area contributed by atoms with Crippen molar-refractivity contribution in [2.75, 3.05) is 40.4 Å². The van der Waals surface area contributed by atoms with Gasteiger partial charge in [0, 0.05) is 45.4 Å². The summed E-state index contributed by atoms with van der Waals surface area (Å²) >= 11 is 0. The van der Waals surface area contributed by atoms with Crippen LogP contribution in [0, 0.1) is 5.92 Å². The monoisotopic (exact) mass is 426 g/mol. The molecule has 1 saturated carbocycles. The fourth-order valence-corrected chi connectivity index (χ4v) is 2.15. The Morgan fingerprint density at radius 2 is 1.95 bits per heavy atom. The maximum absolute atomic E-state index is 5.57. The van der Waals surface area contributed by atoms with E-state index >= 15 is 0 Å². The molecule has 0 bridgehead atoms. The number of aliphatic imine (C=N–C) groups is 1. The van der Waals surface area contributed by atoms with Crippen LogP contribution in [0.15, 0.2) is 4.99 Å². The van der Waals surface area contributed by atoms with Crippen LogP contribution in [-0.2, 0) is 4.74 Å². The molecule has 1 aliphatic rings. The van der Waals surface area contributed by atoms with Crippen molar-refractivity contribution in [2.24, 2.45) is 10.9 Å². The van der Waals surface area contributed by atoms with E-state index in [1.54, 1.807) is 0 Å². The second kappa shape index (κ2) is 12.4. The molecule has 6 heteroatoms. The summed E-state index contributed by atoms with van der Waals surface area (Å²) in [6.45, 7) is 10.1.